The van der Waals surface area contributed by atoms with Gasteiger partial charge in [0.15, 0.2) is 0 Å². The van der Waals surface area contributed by atoms with Gasteiger partial charge in [-0.1, -0.05) is 20.8 Å². The normalized spacial score (nSPS) is 42.0. The summed E-state index contributed by atoms with van der Waals surface area (Å²) >= 11 is 0. The van der Waals surface area contributed by atoms with Crippen LogP contribution in [0.2, 0.25) is 0 Å². The van der Waals surface area contributed by atoms with Gasteiger partial charge in [-0.25, -0.2) is 0 Å². The smallest absolute Gasteiger partial charge is 0.309 e. The number of aliphatic hydroxyl groups is 1. The highest BCUT2D eigenvalue weighted by molar-refractivity contribution is 5.78. The molecule has 12 aliphatic heterocycles. The molecule has 12 saturated carbocycles. The van der Waals surface area contributed by atoms with Gasteiger partial charge in [0, 0.05) is 18.8 Å². The van der Waals surface area contributed by atoms with Crippen LogP contribution < -0.4 is 0 Å². The van der Waals surface area contributed by atoms with E-state index in [-0.39, 0.29) is 278 Å². The molecule has 40 atom stereocenters. The van der Waals surface area contributed by atoms with Crippen molar-refractivity contribution in [3.63, 3.8) is 0 Å². The van der Waals surface area contributed by atoms with Crippen LogP contribution in [0.5, 0.6) is 0 Å². The van der Waals surface area contributed by atoms with E-state index in [4.69, 9.17) is 114 Å². The predicted molar refractivity (Wildman–Crippen MR) is 491 cm³/mol. The lowest BCUT2D eigenvalue weighted by atomic mass is 9.75. The standard InChI is InChI=1S/C19H28O6.2C18H26O6.C17H24O7.2C17H24O6/c1-10-6-14-15(24-14)7-12(10)17(20)22-4-5-23-18(21)13-8-16-19(3,25-16)9-11(13)2;1-10(8-21-17(19)11-2-4-13-15(6-11)23-13)9-22-18(20)12-3-5-14-16(7-12)24-14;1-10(22-18(20)12-3-5-14-16(9-12)24-14)6-7-21-17(19)11-2-4-13-15(8-11)23-13;18-11(7-21-16(19)9-1-3-12-14(5-9)23-12)8-22-17(20)10-2-4-13-15(6-10)24-13;1-9(21-17(19)11-3-5-13-15(7-11)23-13)8-20-16(18)10-2-4-12-14(6-10)22-12;18-16(10-2-4-12-14(8-10)22-12)20-6-1-7-21-17(19)11-3-5-13-15(9-11)23-13/h10-16H,4-9H2,1-3H3;2*10-16H,2-9H2,1H3;9-15,18H,1-8H2;9-15H,2-8H2,1H3;10-15H,1-9H2. The highest BCUT2D eigenvalue weighted by Gasteiger charge is 2.61. The second-order valence-electron chi connectivity index (χ2n) is 45.8. The third-order valence-electron chi connectivity index (χ3n) is 34.4. The number of fused-ring (bicyclic) bond motifs is 12. The number of carbonyl (C=O) groups excluding carboxylic acids is 12. The van der Waals surface area contributed by atoms with E-state index >= 15 is 0 Å². The number of carbonyl (C=O) groups is 12. The predicted octanol–water partition coefficient (Wildman–Crippen LogP) is 9.68. The molecule has 0 aromatic heterocycles. The van der Waals surface area contributed by atoms with Gasteiger partial charge in [0.05, 0.1) is 250 Å². The first-order valence-electron chi connectivity index (χ1n) is 54.6. The number of ether oxygens (including phenoxy) is 24. The first kappa shape index (κ1) is 105. The molecule has 24 rings (SSSR count). The van der Waals surface area contributed by atoms with Crippen LogP contribution in [0.25, 0.3) is 0 Å². The summed E-state index contributed by atoms with van der Waals surface area (Å²) < 4.78 is 129. The van der Waals surface area contributed by atoms with E-state index in [1.165, 1.54) is 0 Å². The molecule has 0 amide bonds. The van der Waals surface area contributed by atoms with Gasteiger partial charge in [-0.2, -0.15) is 0 Å². The van der Waals surface area contributed by atoms with Crippen molar-refractivity contribution in [2.24, 2.45) is 88.8 Å². The minimum absolute atomic E-state index is 0.0138. The Morgan fingerprint density at radius 2 is 0.503 bits per heavy atom. The van der Waals surface area contributed by atoms with Crippen LogP contribution in [0.15, 0.2) is 0 Å². The first-order chi connectivity index (χ1) is 69.0. The number of hydrogen-bond donors (Lipinski definition) is 1. The maximum Gasteiger partial charge on any atom is 0.309 e. The average Bonchev–Trinajstić information content (AvgIpc) is 1.58. The van der Waals surface area contributed by atoms with Crippen LogP contribution >= 0.6 is 0 Å². The van der Waals surface area contributed by atoms with Gasteiger partial charge >= 0.3 is 71.6 Å². The van der Waals surface area contributed by atoms with Crippen LogP contribution in [0.3, 0.4) is 0 Å². The molecule has 24 aliphatic rings. The minimum Gasteiger partial charge on any atom is -0.465 e. The fraction of sp³-hybridized carbons (Fsp3) is 0.887. The SMILES string of the molecule is CC(CCOC(=O)C1CCC2OC2C1)OC(=O)C1CCC2OC2C1.CC(COC(=O)C1CCC2OC2C1)COC(=O)C1CCC2OC2C1.CC(COC(=O)C1CCC2OC2C1)OC(=O)C1CCC2OC2C1.CC1CC2OC2CC1C(=O)OCCOC(=O)C1CC2OC2(C)CC1C.O=C(OCC(O)COC(=O)C1CCC2OC2C1)C1CCC2OC2C1.O=C(OCCCOC(=O)C1CCC2OC2C1)C1CCC2OC2C1. The molecule has 0 aromatic rings. The largest absolute Gasteiger partial charge is 0.465 e. The second-order valence-corrected chi connectivity index (χ2v) is 45.8. The molecule has 143 heavy (non-hydrogen) atoms. The van der Waals surface area contributed by atoms with Crippen molar-refractivity contribution in [2.75, 3.05) is 66.1 Å². The molecule has 1 N–H and O–H groups in total. The van der Waals surface area contributed by atoms with Crippen molar-refractivity contribution in [1.82, 2.24) is 0 Å². The Morgan fingerprint density at radius 3 is 0.818 bits per heavy atom. The number of aliphatic hydroxyl groups excluding tert-OH is 1. The lowest BCUT2D eigenvalue weighted by Gasteiger charge is -2.27. The number of epoxide rings is 12. The summed E-state index contributed by atoms with van der Waals surface area (Å²) in [4.78, 5) is 145. The number of hydrogen-bond acceptors (Lipinski definition) is 37. The third kappa shape index (κ3) is 29.5. The second kappa shape index (κ2) is 46.7. The van der Waals surface area contributed by atoms with E-state index in [2.05, 4.69) is 20.8 Å². The van der Waals surface area contributed by atoms with Gasteiger partial charge in [-0.3, -0.25) is 57.5 Å². The third-order valence-corrected chi connectivity index (χ3v) is 34.4. The van der Waals surface area contributed by atoms with E-state index in [9.17, 15) is 62.6 Å². The van der Waals surface area contributed by atoms with Crippen LogP contribution in [-0.2, 0) is 171 Å². The molecule has 37 nitrogen and oxygen atoms in total. The van der Waals surface area contributed by atoms with Crippen molar-refractivity contribution in [3.8, 4) is 0 Å². The van der Waals surface area contributed by atoms with Crippen molar-refractivity contribution in [3.05, 3.63) is 0 Å². The summed E-state index contributed by atoms with van der Waals surface area (Å²) in [6.07, 6.45) is 35.6. The van der Waals surface area contributed by atoms with Gasteiger partial charge in [0.25, 0.3) is 0 Å². The Labute approximate surface area is 835 Å². The fourth-order valence-electron chi connectivity index (χ4n) is 24.4. The van der Waals surface area contributed by atoms with Crippen molar-refractivity contribution in [1.29, 1.82) is 0 Å². The molecule has 0 aromatic carbocycles. The van der Waals surface area contributed by atoms with Gasteiger partial charge in [0.1, 0.15) is 51.3 Å². The van der Waals surface area contributed by atoms with Gasteiger partial charge in [0.2, 0.25) is 0 Å². The number of rotatable bonds is 34. The Balaban J connectivity index is 0.000000109. The lowest BCUT2D eigenvalue weighted by Crippen LogP contribution is -2.35. The number of esters is 12. The fourth-order valence-corrected chi connectivity index (χ4v) is 24.4. The monoisotopic (exact) mass is 2020 g/mol. The maximum atomic E-state index is 12.3. The van der Waals surface area contributed by atoms with E-state index in [1.54, 1.807) is 6.92 Å². The van der Waals surface area contributed by atoms with Crippen LogP contribution in [0, 0.1) is 88.8 Å². The topological polar surface area (TPSA) is 486 Å². The highest BCUT2D eigenvalue weighted by Crippen LogP contribution is 2.54. The lowest BCUT2D eigenvalue weighted by molar-refractivity contribution is -0.164. The van der Waals surface area contributed by atoms with E-state index in [1.807, 2.05) is 13.8 Å². The van der Waals surface area contributed by atoms with Crippen LogP contribution in [0.1, 0.15) is 273 Å². The van der Waals surface area contributed by atoms with Crippen molar-refractivity contribution >= 4 is 71.6 Å². The summed E-state index contributed by atoms with van der Waals surface area (Å²) in [6.45, 7) is 13.4. The van der Waals surface area contributed by atoms with Crippen molar-refractivity contribution < 1.29 is 176 Å². The van der Waals surface area contributed by atoms with Gasteiger partial charge < -0.3 is 119 Å². The molecule has 12 heterocycles. The van der Waals surface area contributed by atoms with E-state index < -0.39 is 12.2 Å². The molecule has 40 unspecified atom stereocenters. The molecule has 0 spiro atoms. The Bertz CT molecular complexity index is 4230. The minimum atomic E-state index is -0.986. The highest BCUT2D eigenvalue weighted by atomic mass is 16.7. The van der Waals surface area contributed by atoms with E-state index in [0.29, 0.717) is 126 Å². The first-order valence-corrected chi connectivity index (χ1v) is 54.6. The van der Waals surface area contributed by atoms with Crippen molar-refractivity contribution in [2.45, 2.75) is 437 Å². The van der Waals surface area contributed by atoms with Gasteiger partial charge in [-0.05, 0) is 251 Å². The molecule has 37 heteroatoms. The Hall–Kier alpha value is -6.88. The summed E-state index contributed by atoms with van der Waals surface area (Å²) in [5, 5.41) is 9.86. The quantitative estimate of drug-likeness (QED) is 0.0271. The molecule has 12 aliphatic carbocycles. The van der Waals surface area contributed by atoms with Crippen LogP contribution in [-0.4, -0.2) is 307 Å². The molecule has 0 bridgehead atoms. The van der Waals surface area contributed by atoms with Gasteiger partial charge in [-0.15, -0.1) is 0 Å². The average molecular weight is 2020 g/mol. The summed E-state index contributed by atoms with van der Waals surface area (Å²) in [7, 11) is 0. The molecular formula is C106H152O37. The van der Waals surface area contributed by atoms with Crippen LogP contribution in [0.4, 0.5) is 0 Å². The molecule has 0 radical (unpaired) electrons. The summed E-state index contributed by atoms with van der Waals surface area (Å²) in [5.41, 5.74) is -0.0211. The zero-order valence-corrected chi connectivity index (χ0v) is 83.8. The zero-order chi connectivity index (χ0) is 99.6. The summed E-state index contributed by atoms with van der Waals surface area (Å²) in [6, 6.07) is 0. The van der Waals surface area contributed by atoms with E-state index in [0.717, 1.165) is 205 Å². The Morgan fingerprint density at radius 1 is 0.259 bits per heavy atom. The molecule has 12 saturated heterocycles. The molecular weight excluding hydrogens is 1870 g/mol. The zero-order valence-electron chi connectivity index (χ0n) is 83.8. The summed E-state index contributed by atoms with van der Waals surface area (Å²) in [5.74, 6) is -2.36. The maximum absolute atomic E-state index is 12.3. The molecule has 798 valence electrons. The molecule has 24 fully saturated rings. The Kier molecular flexibility index (Phi) is 34.2.